The number of piperazine rings is 1. The summed E-state index contributed by atoms with van der Waals surface area (Å²) in [5, 5.41) is 15.6. The van der Waals surface area contributed by atoms with Crippen molar-refractivity contribution in [3.63, 3.8) is 0 Å². The van der Waals surface area contributed by atoms with Crippen molar-refractivity contribution in [1.82, 2.24) is 14.7 Å². The largest absolute Gasteiger partial charge is 0.478 e. The molecule has 7 rings (SSSR count). The molecule has 3 aromatic rings. The Morgan fingerprint density at radius 1 is 0.792 bits per heavy atom. The van der Waals surface area contributed by atoms with E-state index in [1.807, 2.05) is 58.8 Å². The van der Waals surface area contributed by atoms with Crippen LogP contribution in [0.5, 0.6) is 11.5 Å². The van der Waals surface area contributed by atoms with Gasteiger partial charge in [-0.15, -0.1) is 11.8 Å². The van der Waals surface area contributed by atoms with Crippen molar-refractivity contribution in [2.75, 3.05) is 59.4 Å². The van der Waals surface area contributed by atoms with Crippen LogP contribution in [-0.2, 0) is 20.8 Å². The van der Waals surface area contributed by atoms with E-state index >= 15 is 0 Å². The molecule has 0 bridgehead atoms. The Labute approximate surface area is 320 Å². The van der Waals surface area contributed by atoms with Gasteiger partial charge < -0.3 is 29.5 Å². The van der Waals surface area contributed by atoms with Crippen molar-refractivity contribution < 1.29 is 34.1 Å². The monoisotopic (exact) mass is 757 g/mol. The van der Waals surface area contributed by atoms with E-state index in [-0.39, 0.29) is 12.7 Å². The highest BCUT2D eigenvalue weighted by Gasteiger charge is 2.29. The molecule has 3 aromatic carbocycles. The number of hydrogen-bond donors (Lipinski definition) is 2. The first kappa shape index (κ1) is 39.7. The van der Waals surface area contributed by atoms with Crippen LogP contribution in [-0.4, -0.2) is 102 Å². The zero-order valence-electron chi connectivity index (χ0n) is 30.2. The molecule has 2 N–H and O–H groups in total. The number of likely N-dealkylation sites (N-methyl/N-ethyl adjacent to an activating group) is 1. The Hall–Kier alpha value is -4.49. The zero-order valence-corrected chi connectivity index (χ0v) is 31.8. The van der Waals surface area contributed by atoms with Crippen LogP contribution in [0, 0.1) is 0 Å². The molecule has 1 unspecified atom stereocenters. The van der Waals surface area contributed by atoms with Crippen molar-refractivity contribution in [3.05, 3.63) is 108 Å². The van der Waals surface area contributed by atoms with Crippen LogP contribution in [0.3, 0.4) is 0 Å². The summed E-state index contributed by atoms with van der Waals surface area (Å²) >= 11 is 3.79. The van der Waals surface area contributed by atoms with Gasteiger partial charge in [-0.1, -0.05) is 54.3 Å². The van der Waals surface area contributed by atoms with Crippen LogP contribution < -0.4 is 9.47 Å². The average Bonchev–Trinajstić information content (AvgIpc) is 3.58. The van der Waals surface area contributed by atoms with Crippen molar-refractivity contribution in [2.24, 2.45) is 0 Å². The maximum absolute atomic E-state index is 11.9. The Morgan fingerprint density at radius 3 is 2.23 bits per heavy atom. The Bertz CT molecular complexity index is 1800. The Kier molecular flexibility index (Phi) is 15.1. The number of likely N-dealkylation sites (tertiary alicyclic amines) is 1. The lowest BCUT2D eigenvalue weighted by Gasteiger charge is -2.38. The second-order valence-corrected chi connectivity index (χ2v) is 14.9. The lowest BCUT2D eigenvalue weighted by molar-refractivity contribution is -0.134. The summed E-state index contributed by atoms with van der Waals surface area (Å²) in [6.07, 6.45) is 15.1. The molecule has 10 nitrogen and oxygen atoms in total. The third kappa shape index (κ3) is 12.0. The lowest BCUT2D eigenvalue weighted by atomic mass is 9.96. The molecule has 12 heteroatoms. The number of ether oxygens (including phenoxy) is 2. The van der Waals surface area contributed by atoms with Crippen molar-refractivity contribution >= 4 is 47.4 Å². The number of rotatable bonds is 7. The maximum Gasteiger partial charge on any atom is 0.328 e. The van der Waals surface area contributed by atoms with Crippen molar-refractivity contribution in [3.8, 4) is 11.5 Å². The van der Waals surface area contributed by atoms with Crippen LogP contribution in [0.2, 0.25) is 0 Å². The van der Waals surface area contributed by atoms with Gasteiger partial charge in [0.05, 0.1) is 0 Å². The Balaban J connectivity index is 0.000000172. The molecule has 280 valence electrons. The quantitative estimate of drug-likeness (QED) is 0.146. The molecule has 53 heavy (non-hydrogen) atoms. The second-order valence-electron chi connectivity index (χ2n) is 12.9. The van der Waals surface area contributed by atoms with Gasteiger partial charge in [0.25, 0.3) is 0 Å². The van der Waals surface area contributed by atoms with E-state index in [1.165, 1.54) is 45.3 Å². The molecule has 0 aliphatic carbocycles. The van der Waals surface area contributed by atoms with E-state index in [0.29, 0.717) is 18.2 Å². The first-order valence-corrected chi connectivity index (χ1v) is 19.8. The summed E-state index contributed by atoms with van der Waals surface area (Å²) in [7, 11) is 2.23. The summed E-state index contributed by atoms with van der Waals surface area (Å²) < 4.78 is 10.6. The SMILES string of the molecule is CSc1ccc2c(c1)C(N1CCN(C)CC1)Cc1ccccc1S2.O=C(C=CC=Cc1ccc2c(c1)OCO2)N1CCCCC1.O=C(O)C=CC(=O)O. The summed E-state index contributed by atoms with van der Waals surface area (Å²) in [6, 6.07) is 22.3. The third-order valence-corrected chi connectivity index (χ3v) is 11.2. The van der Waals surface area contributed by atoms with Crippen molar-refractivity contribution in [1.29, 1.82) is 0 Å². The average molecular weight is 758 g/mol. The van der Waals surface area contributed by atoms with Gasteiger partial charge in [0.15, 0.2) is 11.5 Å². The van der Waals surface area contributed by atoms with E-state index in [1.54, 1.807) is 12.2 Å². The predicted molar refractivity (Wildman–Crippen MR) is 210 cm³/mol. The number of fused-ring (bicyclic) bond motifs is 3. The molecule has 1 amide bonds. The molecule has 2 fully saturated rings. The van der Waals surface area contributed by atoms with Gasteiger partial charge in [0.1, 0.15) is 0 Å². The number of amides is 1. The highest BCUT2D eigenvalue weighted by Crippen LogP contribution is 2.44. The molecule has 4 aliphatic rings. The smallest absolute Gasteiger partial charge is 0.328 e. The number of hydrogen-bond acceptors (Lipinski definition) is 9. The minimum Gasteiger partial charge on any atom is -0.478 e. The fourth-order valence-corrected chi connectivity index (χ4v) is 7.92. The molecular weight excluding hydrogens is 711 g/mol. The molecule has 0 saturated carbocycles. The lowest BCUT2D eigenvalue weighted by Crippen LogP contribution is -2.46. The van der Waals surface area contributed by atoms with Crippen LogP contribution in [0.15, 0.2) is 106 Å². The minimum atomic E-state index is -1.26. The fourth-order valence-electron chi connectivity index (χ4n) is 6.36. The summed E-state index contributed by atoms with van der Waals surface area (Å²) in [6.45, 7) is 6.72. The number of carboxylic acids is 2. The molecule has 4 aliphatic heterocycles. The van der Waals surface area contributed by atoms with Gasteiger partial charge >= 0.3 is 11.9 Å². The summed E-state index contributed by atoms with van der Waals surface area (Å²) in [4.78, 5) is 42.3. The van der Waals surface area contributed by atoms with Gasteiger partial charge in [-0.25, -0.2) is 9.59 Å². The number of benzene rings is 3. The molecule has 0 radical (unpaired) electrons. The van der Waals surface area contributed by atoms with E-state index < -0.39 is 11.9 Å². The molecule has 1 atom stereocenters. The molecular formula is C41H47N3O7S2. The van der Waals surface area contributed by atoms with Gasteiger partial charge in [0.2, 0.25) is 12.7 Å². The van der Waals surface area contributed by atoms with Crippen LogP contribution in [0.4, 0.5) is 0 Å². The highest BCUT2D eigenvalue weighted by atomic mass is 32.2. The van der Waals surface area contributed by atoms with E-state index in [4.69, 9.17) is 19.7 Å². The third-order valence-electron chi connectivity index (χ3n) is 9.23. The zero-order chi connectivity index (χ0) is 37.6. The van der Waals surface area contributed by atoms with Gasteiger partial charge in [0, 0.05) is 78.2 Å². The Morgan fingerprint density at radius 2 is 1.51 bits per heavy atom. The number of carboxylic acid groups (broad SMARTS) is 2. The first-order chi connectivity index (χ1) is 25.7. The van der Waals surface area contributed by atoms with E-state index in [2.05, 4.69) is 65.6 Å². The normalized spacial score (nSPS) is 18.4. The van der Waals surface area contributed by atoms with Crippen LogP contribution in [0.25, 0.3) is 6.08 Å². The van der Waals surface area contributed by atoms with Gasteiger partial charge in [-0.3, -0.25) is 9.69 Å². The highest BCUT2D eigenvalue weighted by molar-refractivity contribution is 7.99. The molecule has 4 heterocycles. The summed E-state index contributed by atoms with van der Waals surface area (Å²) in [5.74, 6) is -0.863. The number of nitrogens with zero attached hydrogens (tertiary/aromatic N) is 3. The standard InChI is InChI=1S/C20H24N2S2.C17H19NO3.C4H4O4/c1-21-9-11-22(12-10-21)18-13-15-5-3-4-6-19(15)24-20-8-7-16(23-2)14-17(18)20;19-17(18-10-4-1-5-11-18)7-3-2-6-14-8-9-15-16(12-14)21-13-20-15;5-3(6)1-2-4(7)8/h3-8,14,18H,9-13H2,1-2H3;2-3,6-9,12H,1,4-5,10-11,13H2;1-2H,(H,5,6)(H,7,8). The van der Waals surface area contributed by atoms with Crippen LogP contribution in [0.1, 0.15) is 42.0 Å². The van der Waals surface area contributed by atoms with Crippen LogP contribution >= 0.6 is 23.5 Å². The number of thioether (sulfide) groups is 1. The number of aliphatic carboxylic acids is 2. The number of allylic oxidation sites excluding steroid dienone is 2. The molecule has 0 aromatic heterocycles. The first-order valence-electron chi connectivity index (χ1n) is 17.7. The topological polar surface area (TPSA) is 120 Å². The summed E-state index contributed by atoms with van der Waals surface area (Å²) in [5.41, 5.74) is 4.04. The van der Waals surface area contributed by atoms with E-state index in [0.717, 1.165) is 62.5 Å². The number of piperidine rings is 1. The predicted octanol–water partition coefficient (Wildman–Crippen LogP) is 7.11. The fraction of sp³-hybridized carbons (Fsp3) is 0.341. The number of carbonyl (C=O) groups excluding carboxylic acids is 1. The van der Waals surface area contributed by atoms with Gasteiger partial charge in [-0.05, 0) is 92.1 Å². The number of carbonyl (C=O) groups is 3. The maximum atomic E-state index is 11.9. The minimum absolute atomic E-state index is 0.102. The van der Waals surface area contributed by atoms with Gasteiger partial charge in [-0.2, -0.15) is 0 Å². The van der Waals surface area contributed by atoms with Crippen molar-refractivity contribution in [2.45, 2.75) is 46.4 Å². The van der Waals surface area contributed by atoms with E-state index in [9.17, 15) is 14.4 Å². The molecule has 0 spiro atoms. The second kappa shape index (κ2) is 20.1. The molecule has 2 saturated heterocycles.